The average Bonchev–Trinajstić information content (AvgIpc) is 2.57. The van der Waals surface area contributed by atoms with Gasteiger partial charge in [-0.2, -0.15) is 0 Å². The maximum atomic E-state index is 5.90. The molecule has 2 aliphatic rings. The average molecular weight is 212 g/mol. The fraction of sp³-hybridized carbons (Fsp3) is 1.00. The van der Waals surface area contributed by atoms with Crippen LogP contribution in [0.5, 0.6) is 0 Å². The molecule has 0 N–H and O–H groups in total. The van der Waals surface area contributed by atoms with E-state index in [0.29, 0.717) is 5.41 Å². The molecular formula is C12H24N2O. The van der Waals surface area contributed by atoms with Gasteiger partial charge < -0.3 is 14.5 Å². The molecule has 0 bridgehead atoms. The van der Waals surface area contributed by atoms with Gasteiger partial charge in [0.1, 0.15) is 0 Å². The molecule has 1 saturated carbocycles. The Hall–Kier alpha value is -0.120. The molecule has 1 aliphatic heterocycles. The molecule has 0 aromatic heterocycles. The molecule has 2 atom stereocenters. The van der Waals surface area contributed by atoms with E-state index in [1.54, 1.807) is 0 Å². The highest BCUT2D eigenvalue weighted by Crippen LogP contribution is 2.57. The first-order chi connectivity index (χ1) is 7.04. The van der Waals surface area contributed by atoms with Crippen molar-refractivity contribution in [1.29, 1.82) is 0 Å². The van der Waals surface area contributed by atoms with Gasteiger partial charge in [0.25, 0.3) is 0 Å². The first-order valence-corrected chi connectivity index (χ1v) is 5.92. The lowest BCUT2D eigenvalue weighted by Gasteiger charge is -2.58. The van der Waals surface area contributed by atoms with Crippen LogP contribution in [0.4, 0.5) is 0 Å². The highest BCUT2D eigenvalue weighted by atomic mass is 16.5. The van der Waals surface area contributed by atoms with E-state index in [2.05, 4.69) is 30.9 Å². The van der Waals surface area contributed by atoms with Gasteiger partial charge in [0.15, 0.2) is 0 Å². The Morgan fingerprint density at radius 1 is 1.27 bits per heavy atom. The van der Waals surface area contributed by atoms with E-state index in [0.717, 1.165) is 6.54 Å². The van der Waals surface area contributed by atoms with E-state index >= 15 is 0 Å². The Kier molecular flexibility index (Phi) is 2.82. The van der Waals surface area contributed by atoms with Gasteiger partial charge in [-0.05, 0) is 47.0 Å². The SMILES string of the molecule is COC1(CN(C)C)CCC12CCN(C)C2. The Morgan fingerprint density at radius 2 is 2.00 bits per heavy atom. The summed E-state index contributed by atoms with van der Waals surface area (Å²) >= 11 is 0. The van der Waals surface area contributed by atoms with Crippen molar-refractivity contribution in [2.24, 2.45) is 5.41 Å². The lowest BCUT2D eigenvalue weighted by molar-refractivity contribution is -0.189. The van der Waals surface area contributed by atoms with Crippen LogP contribution in [-0.2, 0) is 4.74 Å². The van der Waals surface area contributed by atoms with Gasteiger partial charge in [-0.3, -0.25) is 0 Å². The fourth-order valence-electron chi connectivity index (χ4n) is 3.55. The first kappa shape index (κ1) is 11.4. The summed E-state index contributed by atoms with van der Waals surface area (Å²) in [5, 5.41) is 0. The first-order valence-electron chi connectivity index (χ1n) is 5.92. The number of nitrogens with zero attached hydrogens (tertiary/aromatic N) is 2. The molecule has 1 heterocycles. The fourth-order valence-corrected chi connectivity index (χ4v) is 3.55. The predicted octanol–water partition coefficient (Wildman–Crippen LogP) is 1.05. The third kappa shape index (κ3) is 1.61. The maximum absolute atomic E-state index is 5.90. The lowest BCUT2D eigenvalue weighted by Crippen LogP contribution is -2.64. The molecule has 3 nitrogen and oxygen atoms in total. The van der Waals surface area contributed by atoms with Crippen LogP contribution >= 0.6 is 0 Å². The molecule has 0 aromatic carbocycles. The number of rotatable bonds is 3. The summed E-state index contributed by atoms with van der Waals surface area (Å²) in [5.74, 6) is 0. The summed E-state index contributed by atoms with van der Waals surface area (Å²) in [6.45, 7) is 3.52. The van der Waals surface area contributed by atoms with Crippen LogP contribution in [0.25, 0.3) is 0 Å². The van der Waals surface area contributed by atoms with Crippen LogP contribution in [-0.4, -0.2) is 63.3 Å². The smallest absolute Gasteiger partial charge is 0.0873 e. The van der Waals surface area contributed by atoms with Crippen molar-refractivity contribution in [1.82, 2.24) is 9.80 Å². The molecule has 0 amide bonds. The van der Waals surface area contributed by atoms with E-state index in [1.807, 2.05) is 7.11 Å². The Morgan fingerprint density at radius 3 is 2.33 bits per heavy atom. The minimum absolute atomic E-state index is 0.126. The molecule has 1 aliphatic carbocycles. The predicted molar refractivity (Wildman–Crippen MR) is 62.1 cm³/mol. The van der Waals surface area contributed by atoms with Crippen LogP contribution in [0.1, 0.15) is 19.3 Å². The zero-order valence-electron chi connectivity index (χ0n) is 10.5. The van der Waals surface area contributed by atoms with Crippen LogP contribution in [0.2, 0.25) is 0 Å². The number of likely N-dealkylation sites (tertiary alicyclic amines) is 1. The van der Waals surface area contributed by atoms with Crippen molar-refractivity contribution in [2.75, 3.05) is 47.9 Å². The topological polar surface area (TPSA) is 15.7 Å². The molecule has 2 unspecified atom stereocenters. The van der Waals surface area contributed by atoms with Gasteiger partial charge in [-0.1, -0.05) is 0 Å². The minimum Gasteiger partial charge on any atom is -0.376 e. The van der Waals surface area contributed by atoms with Crippen molar-refractivity contribution < 1.29 is 4.74 Å². The number of likely N-dealkylation sites (N-methyl/N-ethyl adjacent to an activating group) is 1. The second-order valence-electron chi connectivity index (χ2n) is 5.70. The maximum Gasteiger partial charge on any atom is 0.0873 e. The van der Waals surface area contributed by atoms with E-state index in [9.17, 15) is 0 Å². The van der Waals surface area contributed by atoms with Crippen molar-refractivity contribution in [3.8, 4) is 0 Å². The molecule has 15 heavy (non-hydrogen) atoms. The molecule has 1 spiro atoms. The summed E-state index contributed by atoms with van der Waals surface area (Å²) in [6, 6.07) is 0. The van der Waals surface area contributed by atoms with Crippen molar-refractivity contribution >= 4 is 0 Å². The normalized spacial score (nSPS) is 41.4. The van der Waals surface area contributed by atoms with E-state index in [-0.39, 0.29) is 5.60 Å². The summed E-state index contributed by atoms with van der Waals surface area (Å²) in [4.78, 5) is 4.71. The summed E-state index contributed by atoms with van der Waals surface area (Å²) < 4.78 is 5.90. The van der Waals surface area contributed by atoms with Crippen LogP contribution in [0, 0.1) is 5.41 Å². The van der Waals surface area contributed by atoms with E-state index in [1.165, 1.54) is 32.4 Å². The van der Waals surface area contributed by atoms with Crippen molar-refractivity contribution in [2.45, 2.75) is 24.9 Å². The van der Waals surface area contributed by atoms with Gasteiger partial charge >= 0.3 is 0 Å². The highest BCUT2D eigenvalue weighted by molar-refractivity contribution is 5.13. The number of hydrogen-bond acceptors (Lipinski definition) is 3. The van der Waals surface area contributed by atoms with Crippen LogP contribution in [0.15, 0.2) is 0 Å². The van der Waals surface area contributed by atoms with Crippen molar-refractivity contribution in [3.63, 3.8) is 0 Å². The third-order valence-corrected chi connectivity index (χ3v) is 4.48. The minimum atomic E-state index is 0.126. The molecule has 0 aromatic rings. The second kappa shape index (κ2) is 3.72. The zero-order valence-corrected chi connectivity index (χ0v) is 10.5. The Labute approximate surface area is 93.4 Å². The molecule has 1 saturated heterocycles. The lowest BCUT2D eigenvalue weighted by atomic mass is 9.55. The molecule has 2 rings (SSSR count). The number of hydrogen-bond donors (Lipinski definition) is 0. The second-order valence-corrected chi connectivity index (χ2v) is 5.70. The summed E-state index contributed by atoms with van der Waals surface area (Å²) in [6.07, 6.45) is 3.89. The molecular weight excluding hydrogens is 188 g/mol. The number of methoxy groups -OCH3 is 1. The quantitative estimate of drug-likeness (QED) is 0.695. The zero-order chi connectivity index (χ0) is 11.1. The van der Waals surface area contributed by atoms with Crippen molar-refractivity contribution in [3.05, 3.63) is 0 Å². The standard InChI is InChI=1S/C12H24N2O/c1-13(2)10-12(15-4)6-5-11(12)7-8-14(3)9-11/h5-10H2,1-4H3. The van der Waals surface area contributed by atoms with Gasteiger partial charge in [0.2, 0.25) is 0 Å². The van der Waals surface area contributed by atoms with Gasteiger partial charge in [0.05, 0.1) is 5.60 Å². The number of ether oxygens (including phenoxy) is 1. The summed E-state index contributed by atoms with van der Waals surface area (Å²) in [5.41, 5.74) is 0.571. The Bertz CT molecular complexity index is 240. The Balaban J connectivity index is 2.13. The van der Waals surface area contributed by atoms with Gasteiger partial charge in [0, 0.05) is 25.6 Å². The van der Waals surface area contributed by atoms with Crippen LogP contribution in [0.3, 0.4) is 0 Å². The molecule has 2 fully saturated rings. The van der Waals surface area contributed by atoms with Gasteiger partial charge in [-0.25, -0.2) is 0 Å². The largest absolute Gasteiger partial charge is 0.376 e. The van der Waals surface area contributed by atoms with E-state index in [4.69, 9.17) is 4.74 Å². The van der Waals surface area contributed by atoms with E-state index < -0.39 is 0 Å². The van der Waals surface area contributed by atoms with Crippen LogP contribution < -0.4 is 0 Å². The third-order valence-electron chi connectivity index (χ3n) is 4.48. The molecule has 0 radical (unpaired) electrons. The summed E-state index contributed by atoms with van der Waals surface area (Å²) in [7, 11) is 8.41. The highest BCUT2D eigenvalue weighted by Gasteiger charge is 2.61. The van der Waals surface area contributed by atoms with Gasteiger partial charge in [-0.15, -0.1) is 0 Å². The monoisotopic (exact) mass is 212 g/mol. The molecule has 88 valence electrons. The molecule has 3 heteroatoms.